The molecule has 10 aromatic carbocycles. The summed E-state index contributed by atoms with van der Waals surface area (Å²) in [6, 6.07) is 72.1. The molecule has 0 aliphatic carbocycles. The van der Waals surface area contributed by atoms with Crippen LogP contribution in [0.2, 0.25) is 0 Å². The van der Waals surface area contributed by atoms with Crippen LogP contribution in [0.4, 0.5) is 0 Å². The van der Waals surface area contributed by atoms with Crippen molar-refractivity contribution in [2.24, 2.45) is 0 Å². The Labute approximate surface area is 352 Å². The lowest BCUT2D eigenvalue weighted by molar-refractivity contribution is 1.18. The van der Waals surface area contributed by atoms with E-state index < -0.39 is 0 Å². The van der Waals surface area contributed by atoms with E-state index in [0.717, 1.165) is 0 Å². The van der Waals surface area contributed by atoms with Crippen molar-refractivity contribution in [3.8, 4) is 44.8 Å². The summed E-state index contributed by atoms with van der Waals surface area (Å²) >= 11 is 3.89. The predicted molar refractivity (Wildman–Crippen MR) is 260 cm³/mol. The average Bonchev–Trinajstić information content (AvgIpc) is 3.82. The zero-order chi connectivity index (χ0) is 39.1. The van der Waals surface area contributed by atoms with Gasteiger partial charge >= 0.3 is 0 Å². The first-order valence-corrected chi connectivity index (χ1v) is 22.1. The van der Waals surface area contributed by atoms with Crippen LogP contribution in [0.5, 0.6) is 0 Å². The highest BCUT2D eigenvalue weighted by Gasteiger charge is 2.27. The number of para-hydroxylation sites is 4. The van der Waals surface area contributed by atoms with Gasteiger partial charge in [0.2, 0.25) is 0 Å². The van der Waals surface area contributed by atoms with Crippen LogP contribution >= 0.6 is 22.7 Å². The molecule has 2 aromatic heterocycles. The van der Waals surface area contributed by atoms with Gasteiger partial charge in [-0.25, -0.2) is 0 Å². The zero-order valence-corrected chi connectivity index (χ0v) is 33.8. The smallest absolute Gasteiger partial charge is 0.0541 e. The molecule has 12 aromatic rings. The highest BCUT2D eigenvalue weighted by molar-refractivity contribution is 7.27. The van der Waals surface area contributed by atoms with Crippen molar-refractivity contribution in [3.63, 3.8) is 0 Å². The molecule has 2 nitrogen and oxygen atoms in total. The number of rotatable bonds is 4. The van der Waals surface area contributed by atoms with Crippen LogP contribution in [0.15, 0.2) is 194 Å². The zero-order valence-electron chi connectivity index (χ0n) is 32.2. The fourth-order valence-electron chi connectivity index (χ4n) is 10.3. The Morgan fingerprint density at radius 3 is 1.20 bits per heavy atom. The first kappa shape index (κ1) is 32.7. The fourth-order valence-corrected chi connectivity index (χ4v) is 12.9. The topological polar surface area (TPSA) is 9.86 Å². The minimum Gasteiger partial charge on any atom is -0.309 e. The molecule has 0 spiro atoms. The number of hydrogen-bond donors (Lipinski definition) is 0. The molecule has 0 fully saturated rings. The Hall–Kier alpha value is -7.24. The van der Waals surface area contributed by atoms with E-state index in [9.17, 15) is 0 Å². The summed E-state index contributed by atoms with van der Waals surface area (Å²) in [6.45, 7) is 0. The summed E-state index contributed by atoms with van der Waals surface area (Å²) in [7, 11) is 0. The Balaban J connectivity index is 1.05. The van der Waals surface area contributed by atoms with E-state index in [1.165, 1.54) is 129 Å². The molecule has 2 aliphatic heterocycles. The predicted octanol–water partition coefficient (Wildman–Crippen LogP) is 16.5. The van der Waals surface area contributed by atoms with Crippen LogP contribution in [0.1, 0.15) is 0 Å². The third kappa shape index (κ3) is 4.41. The molecule has 0 atom stereocenters. The quantitative estimate of drug-likeness (QED) is 0.124. The van der Waals surface area contributed by atoms with E-state index in [4.69, 9.17) is 0 Å². The molecule has 0 saturated carbocycles. The summed E-state index contributed by atoms with van der Waals surface area (Å²) in [5, 5.41) is 10.4. The van der Waals surface area contributed by atoms with Crippen molar-refractivity contribution >= 4 is 107 Å². The van der Waals surface area contributed by atoms with Gasteiger partial charge in [0.05, 0.1) is 22.1 Å². The van der Waals surface area contributed by atoms with Gasteiger partial charge in [0.1, 0.15) is 0 Å². The molecule has 60 heavy (non-hydrogen) atoms. The van der Waals surface area contributed by atoms with Crippen LogP contribution in [-0.4, -0.2) is 9.13 Å². The van der Waals surface area contributed by atoms with Crippen LogP contribution < -0.4 is 0 Å². The molecule has 0 amide bonds. The molecule has 0 unspecified atom stereocenters. The van der Waals surface area contributed by atoms with Crippen LogP contribution in [0.25, 0.3) is 129 Å². The largest absolute Gasteiger partial charge is 0.309 e. The number of benzene rings is 10. The van der Waals surface area contributed by atoms with Crippen molar-refractivity contribution in [2.75, 3.05) is 0 Å². The molecule has 2 aliphatic rings. The van der Waals surface area contributed by atoms with Gasteiger partial charge in [-0.05, 0) is 107 Å². The van der Waals surface area contributed by atoms with Crippen molar-refractivity contribution in [2.45, 2.75) is 0 Å². The van der Waals surface area contributed by atoms with E-state index >= 15 is 0 Å². The van der Waals surface area contributed by atoms with Gasteiger partial charge in [0, 0.05) is 84.7 Å². The van der Waals surface area contributed by atoms with Gasteiger partial charge < -0.3 is 9.13 Å². The summed E-state index contributed by atoms with van der Waals surface area (Å²) in [4.78, 5) is 0. The normalized spacial score (nSPS) is 12.3. The van der Waals surface area contributed by atoms with Gasteiger partial charge in [0.25, 0.3) is 0 Å². The van der Waals surface area contributed by atoms with Gasteiger partial charge in [-0.15, -0.1) is 22.7 Å². The fraction of sp³-hybridized carbons (Fsp3) is 0. The van der Waals surface area contributed by atoms with Gasteiger partial charge in [-0.1, -0.05) is 109 Å². The van der Waals surface area contributed by atoms with E-state index in [2.05, 4.69) is 203 Å². The van der Waals surface area contributed by atoms with Crippen LogP contribution in [0, 0.1) is 0 Å². The van der Waals surface area contributed by atoms with Gasteiger partial charge in [-0.3, -0.25) is 0 Å². The Morgan fingerprint density at radius 1 is 0.317 bits per heavy atom. The lowest BCUT2D eigenvalue weighted by Crippen LogP contribution is -1.96. The van der Waals surface area contributed by atoms with E-state index in [-0.39, 0.29) is 0 Å². The monoisotopic (exact) mass is 796 g/mol. The van der Waals surface area contributed by atoms with Crippen molar-refractivity contribution in [3.05, 3.63) is 194 Å². The van der Waals surface area contributed by atoms with E-state index in [1.54, 1.807) is 0 Å². The minimum atomic E-state index is 1.18. The molecular formula is C56H32N2S2. The summed E-state index contributed by atoms with van der Waals surface area (Å²) in [5.41, 5.74) is 15.1. The third-order valence-corrected chi connectivity index (χ3v) is 15.2. The summed E-state index contributed by atoms with van der Waals surface area (Å²) in [5.74, 6) is 0. The molecule has 0 radical (unpaired) electrons. The second-order valence-electron chi connectivity index (χ2n) is 16.0. The lowest BCUT2D eigenvalue weighted by atomic mass is 9.87. The maximum atomic E-state index is 2.46. The lowest BCUT2D eigenvalue weighted by Gasteiger charge is -2.24. The minimum absolute atomic E-state index is 1.18. The van der Waals surface area contributed by atoms with Gasteiger partial charge in [0.15, 0.2) is 0 Å². The number of nitrogens with zero attached hydrogens (tertiary/aromatic N) is 2. The SMILES string of the molecule is c1ccc(-n2c3ccccc3c3cc(-c4cc5cccc6sc7c(-c8ccc9c(c8)c8ccccc8n9-c8ccccc8)cc8cccc9sc4c(c56)-c7c89)ccc32)cc1. The molecule has 278 valence electrons. The number of aromatic nitrogens is 2. The average molecular weight is 797 g/mol. The Kier molecular flexibility index (Phi) is 6.62. The maximum Gasteiger partial charge on any atom is 0.0541 e. The second-order valence-corrected chi connectivity index (χ2v) is 18.1. The van der Waals surface area contributed by atoms with Crippen molar-refractivity contribution in [1.29, 1.82) is 0 Å². The van der Waals surface area contributed by atoms with Crippen molar-refractivity contribution in [1.82, 2.24) is 9.13 Å². The maximum absolute atomic E-state index is 2.46. The van der Waals surface area contributed by atoms with Crippen molar-refractivity contribution < 1.29 is 0 Å². The molecule has 0 saturated heterocycles. The molecule has 4 heteroatoms. The highest BCUT2D eigenvalue weighted by atomic mass is 32.1. The third-order valence-electron chi connectivity index (χ3n) is 12.8. The summed E-state index contributed by atoms with van der Waals surface area (Å²) in [6.07, 6.45) is 0. The van der Waals surface area contributed by atoms with E-state index in [1.807, 2.05) is 22.7 Å². The second kappa shape index (κ2) is 12.2. The van der Waals surface area contributed by atoms with Crippen LogP contribution in [-0.2, 0) is 0 Å². The standard InChI is InChI=1S/C56H32N2S2/c1-3-15-37(16-4-1)57-45-21-9-7-19-39(45)43-29-33(25-27-47(43)57)41-31-35-13-11-24-50-51(35)53-54-52-36(14-12-23-49(52)59-55(41)53)32-42(56(54)60-50)34-26-28-48-44(30-34)40-20-8-10-22-46(40)58(48)38-17-5-2-6-18-38/h1-32H. The van der Waals surface area contributed by atoms with Gasteiger partial charge in [-0.2, -0.15) is 0 Å². The summed E-state index contributed by atoms with van der Waals surface area (Å²) < 4.78 is 10.2. The first-order valence-electron chi connectivity index (χ1n) is 20.5. The molecular weight excluding hydrogens is 765 g/mol. The number of fused-ring (bicyclic) bond motifs is 6. The first-order chi connectivity index (χ1) is 29.8. The number of hydrogen-bond acceptors (Lipinski definition) is 2. The van der Waals surface area contributed by atoms with E-state index in [0.29, 0.717) is 0 Å². The Bertz CT molecular complexity index is 3730. The molecule has 0 N–H and O–H groups in total. The highest BCUT2D eigenvalue weighted by Crippen LogP contribution is 2.56. The van der Waals surface area contributed by atoms with Crippen LogP contribution in [0.3, 0.4) is 0 Å². The molecule has 0 bridgehead atoms. The Morgan fingerprint density at radius 2 is 0.733 bits per heavy atom. The molecule has 4 heterocycles. The molecule has 14 rings (SSSR count).